The van der Waals surface area contributed by atoms with Crippen molar-refractivity contribution < 1.29 is 9.90 Å². The number of benzene rings is 3. The van der Waals surface area contributed by atoms with Gasteiger partial charge in [0.15, 0.2) is 0 Å². The largest absolute Gasteiger partial charge is 0.506 e. The highest BCUT2D eigenvalue weighted by Gasteiger charge is 2.27. The Morgan fingerprint density at radius 2 is 1.79 bits per heavy atom. The molecule has 1 aliphatic heterocycles. The summed E-state index contributed by atoms with van der Waals surface area (Å²) in [5, 5.41) is 17.1. The highest BCUT2D eigenvalue weighted by atomic mass is 16.3. The van der Waals surface area contributed by atoms with Crippen LogP contribution in [-0.4, -0.2) is 23.6 Å². The number of aryl methyl sites for hydroxylation is 3. The third kappa shape index (κ3) is 5.20. The van der Waals surface area contributed by atoms with Crippen LogP contribution in [0.25, 0.3) is 0 Å². The number of nitrogens with two attached hydrogens (primary N) is 1. The van der Waals surface area contributed by atoms with E-state index >= 15 is 0 Å². The zero-order valence-electron chi connectivity index (χ0n) is 19.6. The molecule has 0 aromatic heterocycles. The lowest BCUT2D eigenvalue weighted by Gasteiger charge is -2.30. The molecule has 0 saturated heterocycles. The van der Waals surface area contributed by atoms with Crippen molar-refractivity contribution in [3.05, 3.63) is 93.5 Å². The molecule has 5 nitrogen and oxygen atoms in total. The molecule has 33 heavy (non-hydrogen) atoms. The van der Waals surface area contributed by atoms with Crippen molar-refractivity contribution >= 4 is 11.6 Å². The standard InChI is InChI=1S/C28H33N3O2/c1-17-11-18(2)22(19(3)12-17)16-24(29)28(33)31-25-9-10-30-27-23(25)14-21(15-26(27)32)13-20-7-5-4-6-8-20/h4-8,11-12,14-15,24-25,30,32H,9-10,13,16,29H2,1-3H3,(H,31,33)/t24-,25+/m0/s1. The molecule has 3 aromatic rings. The molecular formula is C28H33N3O2. The molecule has 0 bridgehead atoms. The van der Waals surface area contributed by atoms with E-state index in [0.717, 1.165) is 23.1 Å². The van der Waals surface area contributed by atoms with Gasteiger partial charge in [0.1, 0.15) is 5.75 Å². The van der Waals surface area contributed by atoms with Crippen molar-refractivity contribution in [3.8, 4) is 5.75 Å². The number of phenols is 1. The zero-order chi connectivity index (χ0) is 23.5. The predicted molar refractivity (Wildman–Crippen MR) is 134 cm³/mol. The van der Waals surface area contributed by atoms with Crippen LogP contribution in [0.1, 0.15) is 51.4 Å². The fourth-order valence-electron chi connectivity index (χ4n) is 4.88. The number of amides is 1. The summed E-state index contributed by atoms with van der Waals surface area (Å²) in [6.07, 6.45) is 1.96. The van der Waals surface area contributed by atoms with Crippen molar-refractivity contribution in [2.45, 2.75) is 52.1 Å². The average Bonchev–Trinajstić information content (AvgIpc) is 2.77. The second-order valence-electron chi connectivity index (χ2n) is 9.21. The van der Waals surface area contributed by atoms with E-state index in [9.17, 15) is 9.90 Å². The molecule has 0 saturated carbocycles. The molecule has 5 heteroatoms. The van der Waals surface area contributed by atoms with Gasteiger partial charge in [-0.2, -0.15) is 0 Å². The highest BCUT2D eigenvalue weighted by Crippen LogP contribution is 2.38. The van der Waals surface area contributed by atoms with Crippen molar-refractivity contribution in [3.63, 3.8) is 0 Å². The van der Waals surface area contributed by atoms with Crippen LogP contribution in [0.4, 0.5) is 5.69 Å². The SMILES string of the molecule is Cc1cc(C)c(C[C@H](N)C(=O)N[C@@H]2CCNc3c(O)cc(Cc4ccccc4)cc32)c(C)c1. The Hall–Kier alpha value is -3.31. The first-order chi connectivity index (χ1) is 15.8. The summed E-state index contributed by atoms with van der Waals surface area (Å²) >= 11 is 0. The average molecular weight is 444 g/mol. The third-order valence-electron chi connectivity index (χ3n) is 6.49. The molecule has 1 heterocycles. The van der Waals surface area contributed by atoms with E-state index in [1.807, 2.05) is 18.2 Å². The summed E-state index contributed by atoms with van der Waals surface area (Å²) < 4.78 is 0. The van der Waals surface area contributed by atoms with Crippen LogP contribution >= 0.6 is 0 Å². The molecule has 172 valence electrons. The predicted octanol–water partition coefficient (Wildman–Crippen LogP) is 4.45. The molecule has 0 aliphatic carbocycles. The quantitative estimate of drug-likeness (QED) is 0.424. The second kappa shape index (κ2) is 9.67. The van der Waals surface area contributed by atoms with Crippen LogP contribution in [0.15, 0.2) is 54.6 Å². The van der Waals surface area contributed by atoms with Crippen LogP contribution in [-0.2, 0) is 17.6 Å². The molecule has 3 aromatic carbocycles. The number of phenolic OH excluding ortho intramolecular Hbond substituents is 1. The summed E-state index contributed by atoms with van der Waals surface area (Å²) in [6.45, 7) is 6.89. The van der Waals surface area contributed by atoms with E-state index in [1.54, 1.807) is 6.07 Å². The van der Waals surface area contributed by atoms with Gasteiger partial charge in [0.25, 0.3) is 0 Å². The lowest BCUT2D eigenvalue weighted by Crippen LogP contribution is -2.44. The maximum atomic E-state index is 13.1. The Balaban J connectivity index is 1.52. The van der Waals surface area contributed by atoms with Gasteiger partial charge < -0.3 is 21.5 Å². The molecule has 0 unspecified atom stereocenters. The van der Waals surface area contributed by atoms with E-state index in [2.05, 4.69) is 61.7 Å². The number of hydrogen-bond donors (Lipinski definition) is 4. The van der Waals surface area contributed by atoms with E-state index in [0.29, 0.717) is 25.1 Å². The number of anilines is 1. The molecule has 5 N–H and O–H groups in total. The first-order valence-corrected chi connectivity index (χ1v) is 11.6. The molecular weight excluding hydrogens is 410 g/mol. The van der Waals surface area contributed by atoms with Crippen LogP contribution in [0.5, 0.6) is 5.75 Å². The normalized spacial score (nSPS) is 15.9. The molecule has 2 atom stereocenters. The minimum absolute atomic E-state index is 0.167. The van der Waals surface area contributed by atoms with Gasteiger partial charge in [-0.25, -0.2) is 0 Å². The second-order valence-corrected chi connectivity index (χ2v) is 9.21. The zero-order valence-corrected chi connectivity index (χ0v) is 19.6. The van der Waals surface area contributed by atoms with Gasteiger partial charge in [0.05, 0.1) is 17.8 Å². The Morgan fingerprint density at radius 3 is 2.48 bits per heavy atom. The first-order valence-electron chi connectivity index (χ1n) is 11.6. The Labute approximate surface area is 196 Å². The number of rotatable bonds is 6. The summed E-state index contributed by atoms with van der Waals surface area (Å²) in [4.78, 5) is 13.1. The van der Waals surface area contributed by atoms with Gasteiger partial charge in [0.2, 0.25) is 5.91 Å². The van der Waals surface area contributed by atoms with Gasteiger partial charge in [-0.1, -0.05) is 54.1 Å². The van der Waals surface area contributed by atoms with Gasteiger partial charge in [-0.05, 0) is 73.9 Å². The lowest BCUT2D eigenvalue weighted by molar-refractivity contribution is -0.123. The smallest absolute Gasteiger partial charge is 0.237 e. The van der Waals surface area contributed by atoms with Crippen LogP contribution in [0.3, 0.4) is 0 Å². The summed E-state index contributed by atoms with van der Waals surface area (Å²) in [5.41, 5.74) is 14.8. The monoisotopic (exact) mass is 443 g/mol. The molecule has 4 rings (SSSR count). The fraction of sp³-hybridized carbons (Fsp3) is 0.321. The van der Waals surface area contributed by atoms with Crippen LogP contribution < -0.4 is 16.4 Å². The summed E-state index contributed by atoms with van der Waals surface area (Å²) in [6, 6.07) is 17.5. The van der Waals surface area contributed by atoms with Gasteiger partial charge >= 0.3 is 0 Å². The Kier molecular flexibility index (Phi) is 6.70. The molecule has 0 spiro atoms. The topological polar surface area (TPSA) is 87.4 Å². The number of carbonyl (C=O) groups excluding carboxylic acids is 1. The fourth-order valence-corrected chi connectivity index (χ4v) is 4.88. The summed E-state index contributed by atoms with van der Waals surface area (Å²) in [5.74, 6) is 0.0489. The van der Waals surface area contributed by atoms with Crippen LogP contribution in [0, 0.1) is 20.8 Å². The van der Waals surface area contributed by atoms with Crippen molar-refractivity contribution in [2.75, 3.05) is 11.9 Å². The van der Waals surface area contributed by atoms with Gasteiger partial charge in [-0.15, -0.1) is 0 Å². The lowest BCUT2D eigenvalue weighted by atomic mass is 9.92. The van der Waals surface area contributed by atoms with Gasteiger partial charge in [-0.3, -0.25) is 4.79 Å². The number of fused-ring (bicyclic) bond motifs is 1. The van der Waals surface area contributed by atoms with Gasteiger partial charge in [0, 0.05) is 12.1 Å². The maximum Gasteiger partial charge on any atom is 0.237 e. The number of nitrogens with one attached hydrogen (secondary N) is 2. The van der Waals surface area contributed by atoms with Crippen LogP contribution in [0.2, 0.25) is 0 Å². The highest BCUT2D eigenvalue weighted by molar-refractivity contribution is 5.83. The van der Waals surface area contributed by atoms with E-state index < -0.39 is 6.04 Å². The Bertz CT molecular complexity index is 1130. The first kappa shape index (κ1) is 22.9. The number of carbonyl (C=O) groups is 1. The maximum absolute atomic E-state index is 13.1. The van der Waals surface area contributed by atoms with Crippen molar-refractivity contribution in [1.82, 2.24) is 5.32 Å². The number of hydrogen-bond acceptors (Lipinski definition) is 4. The minimum atomic E-state index is -0.635. The molecule has 1 aliphatic rings. The Morgan fingerprint density at radius 1 is 1.09 bits per heavy atom. The number of aromatic hydroxyl groups is 1. The van der Waals surface area contributed by atoms with E-state index in [-0.39, 0.29) is 17.7 Å². The minimum Gasteiger partial charge on any atom is -0.506 e. The van der Waals surface area contributed by atoms with E-state index in [4.69, 9.17) is 5.73 Å². The van der Waals surface area contributed by atoms with Crippen molar-refractivity contribution in [1.29, 1.82) is 0 Å². The summed E-state index contributed by atoms with van der Waals surface area (Å²) in [7, 11) is 0. The third-order valence-corrected chi connectivity index (χ3v) is 6.49. The molecule has 1 amide bonds. The van der Waals surface area contributed by atoms with Crippen molar-refractivity contribution in [2.24, 2.45) is 5.73 Å². The molecule has 0 fully saturated rings. The molecule has 0 radical (unpaired) electrons. The van der Waals surface area contributed by atoms with E-state index in [1.165, 1.54) is 22.3 Å².